The fourth-order valence-corrected chi connectivity index (χ4v) is 1.67. The molecule has 68 valence electrons. The Morgan fingerprint density at radius 2 is 1.75 bits per heavy atom. The monoisotopic (exact) mass is 166 g/mol. The van der Waals surface area contributed by atoms with Crippen LogP contribution < -0.4 is 4.90 Å². The summed E-state index contributed by atoms with van der Waals surface area (Å²) in [5.74, 6) is 0. The van der Waals surface area contributed by atoms with Gasteiger partial charge in [-0.25, -0.2) is 0 Å². The summed E-state index contributed by atoms with van der Waals surface area (Å²) in [5.41, 5.74) is 1.28. The lowest BCUT2D eigenvalue weighted by molar-refractivity contribution is 0.608. The Kier molecular flexibility index (Phi) is 2.79. The highest BCUT2D eigenvalue weighted by atomic mass is 15.2. The lowest BCUT2D eigenvalue weighted by Gasteiger charge is -2.31. The van der Waals surface area contributed by atoms with E-state index in [1.54, 1.807) is 0 Å². The lowest BCUT2D eigenvalue weighted by atomic mass is 10.2. The molecule has 0 amide bonds. The van der Waals surface area contributed by atoms with Gasteiger partial charge in [0.2, 0.25) is 0 Å². The highest BCUT2D eigenvalue weighted by Gasteiger charge is 2.13. The predicted molar refractivity (Wildman–Crippen MR) is 53.5 cm³/mol. The van der Waals surface area contributed by atoms with Crippen molar-refractivity contribution in [3.05, 3.63) is 18.5 Å². The van der Waals surface area contributed by atoms with Gasteiger partial charge in [-0.15, -0.1) is 0 Å². The van der Waals surface area contributed by atoms with Crippen molar-refractivity contribution in [1.82, 2.24) is 4.98 Å². The van der Waals surface area contributed by atoms with E-state index in [-0.39, 0.29) is 0 Å². The van der Waals surface area contributed by atoms with Gasteiger partial charge in [0.05, 0.1) is 5.69 Å². The van der Waals surface area contributed by atoms with Gasteiger partial charge in [0, 0.05) is 24.5 Å². The summed E-state index contributed by atoms with van der Waals surface area (Å²) in [5, 5.41) is 0. The number of hydrogen-bond donors (Lipinski definition) is 1. The smallest absolute Gasteiger partial charge is 0.0548 e. The van der Waals surface area contributed by atoms with Gasteiger partial charge in [-0.3, -0.25) is 0 Å². The van der Waals surface area contributed by atoms with Crippen molar-refractivity contribution in [3.63, 3.8) is 0 Å². The molecule has 0 saturated heterocycles. The summed E-state index contributed by atoms with van der Waals surface area (Å²) in [6, 6.07) is 3.22. The van der Waals surface area contributed by atoms with E-state index in [1.165, 1.54) is 5.69 Å². The maximum atomic E-state index is 3.08. The molecular weight excluding hydrogens is 148 g/mol. The van der Waals surface area contributed by atoms with Crippen LogP contribution in [0.2, 0.25) is 0 Å². The molecule has 0 radical (unpaired) electrons. The van der Waals surface area contributed by atoms with Crippen molar-refractivity contribution in [2.75, 3.05) is 4.90 Å². The Hall–Kier alpha value is -0.920. The van der Waals surface area contributed by atoms with Crippen molar-refractivity contribution >= 4 is 5.69 Å². The second kappa shape index (κ2) is 3.65. The van der Waals surface area contributed by atoms with Crippen molar-refractivity contribution < 1.29 is 0 Å². The molecule has 0 aromatic carbocycles. The minimum absolute atomic E-state index is 0.556. The highest BCUT2D eigenvalue weighted by molar-refractivity contribution is 5.45. The molecule has 0 spiro atoms. The molecule has 1 heterocycles. The normalized spacial score (nSPS) is 11.2. The molecule has 2 nitrogen and oxygen atoms in total. The van der Waals surface area contributed by atoms with Gasteiger partial charge in [-0.2, -0.15) is 0 Å². The summed E-state index contributed by atoms with van der Waals surface area (Å²) in [6.45, 7) is 8.86. The third-order valence-corrected chi connectivity index (χ3v) is 1.99. The summed E-state index contributed by atoms with van der Waals surface area (Å²) in [4.78, 5) is 5.46. The first-order valence-corrected chi connectivity index (χ1v) is 4.54. The van der Waals surface area contributed by atoms with Crippen LogP contribution in [0.15, 0.2) is 18.5 Å². The van der Waals surface area contributed by atoms with Crippen molar-refractivity contribution in [3.8, 4) is 0 Å². The quantitative estimate of drug-likeness (QED) is 0.731. The van der Waals surface area contributed by atoms with Gasteiger partial charge >= 0.3 is 0 Å². The highest BCUT2D eigenvalue weighted by Crippen LogP contribution is 2.18. The average molecular weight is 166 g/mol. The molecule has 0 aliphatic rings. The van der Waals surface area contributed by atoms with Crippen LogP contribution in [0.25, 0.3) is 0 Å². The summed E-state index contributed by atoms with van der Waals surface area (Å²) >= 11 is 0. The summed E-state index contributed by atoms with van der Waals surface area (Å²) in [6.07, 6.45) is 4.01. The second-order valence-corrected chi connectivity index (χ2v) is 3.66. The molecule has 0 atom stereocenters. The topological polar surface area (TPSA) is 19.0 Å². The van der Waals surface area contributed by atoms with Crippen LogP contribution in [0, 0.1) is 0 Å². The molecule has 0 aliphatic heterocycles. The molecule has 12 heavy (non-hydrogen) atoms. The molecule has 1 N–H and O–H groups in total. The van der Waals surface area contributed by atoms with Crippen LogP contribution in [-0.4, -0.2) is 17.1 Å². The van der Waals surface area contributed by atoms with E-state index in [0.29, 0.717) is 12.1 Å². The van der Waals surface area contributed by atoms with Crippen molar-refractivity contribution in [2.24, 2.45) is 0 Å². The first-order valence-electron chi connectivity index (χ1n) is 4.54. The fraction of sp³-hybridized carbons (Fsp3) is 0.600. The maximum absolute atomic E-state index is 3.08. The van der Waals surface area contributed by atoms with Gasteiger partial charge in [0.1, 0.15) is 0 Å². The zero-order chi connectivity index (χ0) is 9.14. The summed E-state index contributed by atoms with van der Waals surface area (Å²) in [7, 11) is 0. The molecule has 1 aromatic heterocycles. The van der Waals surface area contributed by atoms with E-state index in [0.717, 1.165) is 0 Å². The minimum Gasteiger partial charge on any atom is -0.366 e. The zero-order valence-electron chi connectivity index (χ0n) is 8.33. The van der Waals surface area contributed by atoms with Crippen LogP contribution in [0.3, 0.4) is 0 Å². The molecule has 0 aliphatic carbocycles. The number of aromatic nitrogens is 1. The second-order valence-electron chi connectivity index (χ2n) is 3.66. The molecule has 1 rings (SSSR count). The maximum Gasteiger partial charge on any atom is 0.0548 e. The van der Waals surface area contributed by atoms with Gasteiger partial charge in [0.15, 0.2) is 0 Å². The Balaban J connectivity index is 2.81. The molecule has 0 saturated carbocycles. The zero-order valence-corrected chi connectivity index (χ0v) is 8.33. The fourth-order valence-electron chi connectivity index (χ4n) is 1.67. The molecule has 0 unspecified atom stereocenters. The van der Waals surface area contributed by atoms with Gasteiger partial charge < -0.3 is 9.88 Å². The van der Waals surface area contributed by atoms with Gasteiger partial charge in [-0.1, -0.05) is 0 Å². The Morgan fingerprint density at radius 1 is 1.17 bits per heavy atom. The van der Waals surface area contributed by atoms with E-state index in [9.17, 15) is 0 Å². The predicted octanol–water partition coefficient (Wildman–Crippen LogP) is 2.64. The minimum atomic E-state index is 0.556. The first-order chi connectivity index (χ1) is 5.63. The Morgan fingerprint density at radius 3 is 2.08 bits per heavy atom. The molecular formula is C10H18N2. The summed E-state index contributed by atoms with van der Waals surface area (Å²) < 4.78 is 0. The van der Waals surface area contributed by atoms with Crippen molar-refractivity contribution in [2.45, 2.75) is 39.8 Å². The third kappa shape index (κ3) is 1.81. The lowest BCUT2D eigenvalue weighted by Crippen LogP contribution is -2.36. The number of aromatic amines is 1. The Bertz CT molecular complexity index is 204. The molecule has 2 heteroatoms. The van der Waals surface area contributed by atoms with Crippen LogP contribution in [-0.2, 0) is 0 Å². The van der Waals surface area contributed by atoms with Crippen LogP contribution in [0.1, 0.15) is 27.7 Å². The molecule has 0 bridgehead atoms. The first kappa shape index (κ1) is 9.17. The van der Waals surface area contributed by atoms with E-state index in [4.69, 9.17) is 0 Å². The van der Waals surface area contributed by atoms with E-state index < -0.39 is 0 Å². The third-order valence-electron chi connectivity index (χ3n) is 1.99. The number of anilines is 1. The Labute approximate surface area is 74.6 Å². The molecule has 1 aromatic rings. The number of hydrogen-bond acceptors (Lipinski definition) is 1. The number of rotatable bonds is 3. The van der Waals surface area contributed by atoms with E-state index >= 15 is 0 Å². The van der Waals surface area contributed by atoms with Gasteiger partial charge in [-0.05, 0) is 33.8 Å². The molecule has 0 fully saturated rings. The average Bonchev–Trinajstić information content (AvgIpc) is 2.37. The van der Waals surface area contributed by atoms with E-state index in [2.05, 4.69) is 43.6 Å². The van der Waals surface area contributed by atoms with Crippen molar-refractivity contribution in [1.29, 1.82) is 0 Å². The standard InChI is InChI=1S/C10H18N2/c1-8(2)12(9(3)4)10-5-6-11-7-10/h5-9,11H,1-4H3. The van der Waals surface area contributed by atoms with Crippen LogP contribution in [0.5, 0.6) is 0 Å². The van der Waals surface area contributed by atoms with Gasteiger partial charge in [0.25, 0.3) is 0 Å². The number of nitrogens with one attached hydrogen (secondary N) is 1. The number of H-pyrrole nitrogens is 1. The van der Waals surface area contributed by atoms with E-state index in [1.807, 2.05) is 12.4 Å². The van der Waals surface area contributed by atoms with Crippen LogP contribution in [0.4, 0.5) is 5.69 Å². The van der Waals surface area contributed by atoms with Crippen LogP contribution >= 0.6 is 0 Å². The largest absolute Gasteiger partial charge is 0.366 e. The number of nitrogens with zero attached hydrogens (tertiary/aromatic N) is 1. The SMILES string of the molecule is CC(C)N(c1cc[nH]c1)C(C)C.